The fraction of sp³-hybridized carbons (Fsp3) is 0.278. The second kappa shape index (κ2) is 6.98. The summed E-state index contributed by atoms with van der Waals surface area (Å²) in [6.45, 7) is 8.49. The molecule has 2 aromatic rings. The molecule has 3 rings (SSSR count). The van der Waals surface area contributed by atoms with E-state index in [-0.39, 0.29) is 5.43 Å². The van der Waals surface area contributed by atoms with Gasteiger partial charge in [-0.2, -0.15) is 0 Å². The lowest BCUT2D eigenvalue weighted by molar-refractivity contribution is 0.121. The SMILES string of the molecule is C=C/C=C(\C=C/C)c1csc2c(=O)cc(N3CCOCC3)oc12. The number of nitrogens with zero attached hydrogens (tertiary/aromatic N) is 1. The summed E-state index contributed by atoms with van der Waals surface area (Å²) < 4.78 is 12.1. The van der Waals surface area contributed by atoms with E-state index in [1.54, 1.807) is 12.1 Å². The van der Waals surface area contributed by atoms with Crippen molar-refractivity contribution in [2.45, 2.75) is 6.92 Å². The summed E-state index contributed by atoms with van der Waals surface area (Å²) in [5.74, 6) is 0.615. The third-order valence-corrected chi connectivity index (χ3v) is 4.68. The largest absolute Gasteiger partial charge is 0.439 e. The van der Waals surface area contributed by atoms with E-state index in [9.17, 15) is 4.79 Å². The van der Waals surface area contributed by atoms with Crippen LogP contribution >= 0.6 is 11.3 Å². The summed E-state index contributed by atoms with van der Waals surface area (Å²) in [4.78, 5) is 14.5. The standard InChI is InChI=1S/C18H19NO3S/c1-3-5-13(6-4-2)14-12-23-18-15(20)11-16(22-17(14)18)19-7-9-21-10-8-19/h3-6,11-12H,1,7-10H2,2H3/b6-4-,13-5+. The van der Waals surface area contributed by atoms with Crippen molar-refractivity contribution in [2.75, 3.05) is 31.2 Å². The number of hydrogen-bond donors (Lipinski definition) is 0. The molecule has 0 unspecified atom stereocenters. The molecule has 1 saturated heterocycles. The van der Waals surface area contributed by atoms with Gasteiger partial charge in [0, 0.05) is 30.1 Å². The maximum absolute atomic E-state index is 12.4. The second-order valence-electron chi connectivity index (χ2n) is 5.21. The number of anilines is 1. The van der Waals surface area contributed by atoms with Gasteiger partial charge in [0.25, 0.3) is 0 Å². The van der Waals surface area contributed by atoms with Crippen LogP contribution in [0.25, 0.3) is 15.9 Å². The molecule has 0 aromatic carbocycles. The van der Waals surface area contributed by atoms with Gasteiger partial charge in [-0.05, 0) is 12.5 Å². The van der Waals surface area contributed by atoms with Crippen molar-refractivity contribution in [3.8, 4) is 0 Å². The molecule has 0 atom stereocenters. The van der Waals surface area contributed by atoms with Gasteiger partial charge < -0.3 is 14.1 Å². The lowest BCUT2D eigenvalue weighted by Crippen LogP contribution is -2.36. The van der Waals surface area contributed by atoms with Crippen LogP contribution in [0.3, 0.4) is 0 Å². The predicted octanol–water partition coefficient (Wildman–Crippen LogP) is 3.84. The molecule has 0 spiro atoms. The molecule has 0 amide bonds. The van der Waals surface area contributed by atoms with Crippen molar-refractivity contribution in [1.82, 2.24) is 0 Å². The van der Waals surface area contributed by atoms with E-state index in [4.69, 9.17) is 9.15 Å². The molecule has 4 nitrogen and oxygen atoms in total. The van der Waals surface area contributed by atoms with Crippen molar-refractivity contribution in [2.24, 2.45) is 0 Å². The molecule has 1 aliphatic rings. The first kappa shape index (κ1) is 15.8. The molecule has 120 valence electrons. The Balaban J connectivity index is 2.13. The number of morpholine rings is 1. The number of allylic oxidation sites excluding steroid dienone is 5. The monoisotopic (exact) mass is 329 g/mol. The van der Waals surface area contributed by atoms with E-state index in [0.29, 0.717) is 29.4 Å². The van der Waals surface area contributed by atoms with Gasteiger partial charge in [0.05, 0.1) is 13.2 Å². The minimum absolute atomic E-state index is 0.00224. The highest BCUT2D eigenvalue weighted by Gasteiger charge is 2.18. The van der Waals surface area contributed by atoms with Gasteiger partial charge in [0.1, 0.15) is 4.70 Å². The highest BCUT2D eigenvalue weighted by molar-refractivity contribution is 7.17. The van der Waals surface area contributed by atoms with E-state index in [1.165, 1.54) is 11.3 Å². The van der Waals surface area contributed by atoms with Crippen LogP contribution in [0, 0.1) is 0 Å². The van der Waals surface area contributed by atoms with Crippen molar-refractivity contribution < 1.29 is 9.15 Å². The van der Waals surface area contributed by atoms with E-state index in [1.807, 2.05) is 30.5 Å². The molecule has 0 bridgehead atoms. The molecule has 0 radical (unpaired) electrons. The van der Waals surface area contributed by atoms with Crippen LogP contribution in [0.5, 0.6) is 0 Å². The van der Waals surface area contributed by atoms with Crippen molar-refractivity contribution in [3.63, 3.8) is 0 Å². The summed E-state index contributed by atoms with van der Waals surface area (Å²) >= 11 is 1.42. The van der Waals surface area contributed by atoms with Crippen molar-refractivity contribution in [1.29, 1.82) is 0 Å². The van der Waals surface area contributed by atoms with Crippen LogP contribution in [0.4, 0.5) is 5.88 Å². The Labute approximate surface area is 139 Å². The van der Waals surface area contributed by atoms with E-state index >= 15 is 0 Å². The second-order valence-corrected chi connectivity index (χ2v) is 6.09. The van der Waals surface area contributed by atoms with Crippen LogP contribution in [0.2, 0.25) is 0 Å². The van der Waals surface area contributed by atoms with Crippen LogP contribution in [-0.4, -0.2) is 26.3 Å². The van der Waals surface area contributed by atoms with Crippen molar-refractivity contribution >= 4 is 33.1 Å². The molecule has 0 aliphatic carbocycles. The zero-order valence-electron chi connectivity index (χ0n) is 13.1. The average molecular weight is 329 g/mol. The lowest BCUT2D eigenvalue weighted by atomic mass is 10.1. The Kier molecular flexibility index (Phi) is 4.79. The Morgan fingerprint density at radius 2 is 2.17 bits per heavy atom. The topological polar surface area (TPSA) is 42.7 Å². The summed E-state index contributed by atoms with van der Waals surface area (Å²) in [5, 5.41) is 1.97. The quantitative estimate of drug-likeness (QED) is 0.800. The van der Waals surface area contributed by atoms with Gasteiger partial charge in [0.15, 0.2) is 11.5 Å². The summed E-state index contributed by atoms with van der Waals surface area (Å²) in [7, 11) is 0. The number of rotatable bonds is 4. The molecule has 0 saturated carbocycles. The molecule has 1 fully saturated rings. The third-order valence-electron chi connectivity index (χ3n) is 3.71. The molecule has 0 N–H and O–H groups in total. The van der Waals surface area contributed by atoms with Crippen LogP contribution in [0.1, 0.15) is 12.5 Å². The molecule has 3 heterocycles. The summed E-state index contributed by atoms with van der Waals surface area (Å²) in [6, 6.07) is 1.58. The van der Waals surface area contributed by atoms with Gasteiger partial charge in [0.2, 0.25) is 5.43 Å². The molecule has 2 aromatic heterocycles. The Bertz CT molecular complexity index is 822. The van der Waals surface area contributed by atoms with Crippen molar-refractivity contribution in [3.05, 3.63) is 58.1 Å². The number of ether oxygens (including phenoxy) is 1. The predicted molar refractivity (Wildman–Crippen MR) is 96.4 cm³/mol. The molecule has 1 aliphatic heterocycles. The van der Waals surface area contributed by atoms with Crippen LogP contribution < -0.4 is 10.3 Å². The van der Waals surface area contributed by atoms with Gasteiger partial charge in [-0.1, -0.05) is 30.9 Å². The Hall–Kier alpha value is -2.11. The summed E-state index contributed by atoms with van der Waals surface area (Å²) in [5.41, 5.74) is 2.56. The highest BCUT2D eigenvalue weighted by Crippen LogP contribution is 2.32. The highest BCUT2D eigenvalue weighted by atomic mass is 32.1. The van der Waals surface area contributed by atoms with Crippen LogP contribution in [-0.2, 0) is 4.74 Å². The van der Waals surface area contributed by atoms with E-state index in [2.05, 4.69) is 11.5 Å². The first-order chi connectivity index (χ1) is 11.2. The lowest BCUT2D eigenvalue weighted by Gasteiger charge is -2.27. The molecule has 23 heavy (non-hydrogen) atoms. The van der Waals surface area contributed by atoms with E-state index < -0.39 is 0 Å². The van der Waals surface area contributed by atoms with Gasteiger partial charge in [-0.15, -0.1) is 11.3 Å². The summed E-state index contributed by atoms with van der Waals surface area (Å²) in [6.07, 6.45) is 7.61. The smallest absolute Gasteiger partial charge is 0.204 e. The Morgan fingerprint density at radius 3 is 2.87 bits per heavy atom. The maximum Gasteiger partial charge on any atom is 0.204 e. The zero-order chi connectivity index (χ0) is 16.2. The Morgan fingerprint density at radius 1 is 1.39 bits per heavy atom. The maximum atomic E-state index is 12.4. The zero-order valence-corrected chi connectivity index (χ0v) is 13.9. The number of thiophene rings is 1. The molecule has 5 heteroatoms. The first-order valence-corrected chi connectivity index (χ1v) is 8.46. The van der Waals surface area contributed by atoms with E-state index in [0.717, 1.165) is 24.2 Å². The van der Waals surface area contributed by atoms with Gasteiger partial charge in [-0.3, -0.25) is 4.79 Å². The first-order valence-electron chi connectivity index (χ1n) is 7.58. The van der Waals surface area contributed by atoms with Crippen LogP contribution in [0.15, 0.2) is 51.5 Å². The fourth-order valence-corrected chi connectivity index (χ4v) is 3.52. The minimum Gasteiger partial charge on any atom is -0.439 e. The fourth-order valence-electron chi connectivity index (χ4n) is 2.61. The minimum atomic E-state index is 0.00224. The third kappa shape index (κ3) is 3.16. The molecular weight excluding hydrogens is 310 g/mol. The molecular formula is C18H19NO3S. The average Bonchev–Trinajstić information content (AvgIpc) is 3.00. The van der Waals surface area contributed by atoms with Gasteiger partial charge >= 0.3 is 0 Å². The van der Waals surface area contributed by atoms with Gasteiger partial charge in [-0.25, -0.2) is 0 Å². The normalized spacial score (nSPS) is 16.4. The number of fused-ring (bicyclic) bond motifs is 1. The number of hydrogen-bond acceptors (Lipinski definition) is 5.